The topological polar surface area (TPSA) is 23.8 Å². The third-order valence-electron chi connectivity index (χ3n) is 1.57. The monoisotopic (exact) mass is 225 g/mol. The van der Waals surface area contributed by atoms with Crippen LogP contribution in [0.4, 0.5) is 0 Å². The van der Waals surface area contributed by atoms with E-state index in [0.717, 1.165) is 5.56 Å². The van der Waals surface area contributed by atoms with Gasteiger partial charge in [-0.3, -0.25) is 0 Å². The maximum absolute atomic E-state index is 8.19. The van der Waals surface area contributed by atoms with Gasteiger partial charge in [0.1, 0.15) is 0 Å². The minimum Gasteiger partial charge on any atom is -0.748 e. The largest absolute Gasteiger partial charge is 0.748 e. The van der Waals surface area contributed by atoms with E-state index in [1.807, 2.05) is 54.6 Å². The molecule has 0 spiro atoms. The van der Waals surface area contributed by atoms with Crippen molar-refractivity contribution in [3.8, 4) is 6.07 Å². The molecule has 2 aromatic carbocycles. The second kappa shape index (κ2) is 8.31. The van der Waals surface area contributed by atoms with Gasteiger partial charge in [-0.15, -0.1) is 5.56 Å². The summed E-state index contributed by atoms with van der Waals surface area (Å²) < 4.78 is 0. The van der Waals surface area contributed by atoms with Gasteiger partial charge in [-0.2, -0.15) is 17.4 Å². The first-order valence-corrected chi connectivity index (χ1v) is 4.17. The molecule has 0 fully saturated rings. The fraction of sp³-hybridized carbons (Fsp3) is 0.0833. The van der Waals surface area contributed by atoms with Crippen molar-refractivity contribution in [2.24, 2.45) is 0 Å². The Kier molecular flexibility index (Phi) is 7.55. The van der Waals surface area contributed by atoms with Crippen molar-refractivity contribution in [1.82, 2.24) is 0 Å². The molecule has 0 saturated carbocycles. The molecule has 0 heterocycles. The molecular formula is C12H11FeN-6. The molecule has 0 aromatic heterocycles. The quantitative estimate of drug-likeness (QED) is 0.540. The second-order valence-electron chi connectivity index (χ2n) is 2.59. The van der Waals surface area contributed by atoms with E-state index >= 15 is 0 Å². The zero-order valence-corrected chi connectivity index (χ0v) is 8.81. The molecule has 0 aliphatic heterocycles. The molecule has 78 valence electrons. The summed E-state index contributed by atoms with van der Waals surface area (Å²) >= 11 is 0. The number of hydrogen-bond acceptors (Lipinski definition) is 1. The third-order valence-corrected chi connectivity index (χ3v) is 1.57. The Morgan fingerprint density at radius 2 is 1.43 bits per heavy atom. The van der Waals surface area contributed by atoms with E-state index in [9.17, 15) is 0 Å². The third kappa shape index (κ3) is 5.37. The van der Waals surface area contributed by atoms with Crippen LogP contribution >= 0.6 is 0 Å². The van der Waals surface area contributed by atoms with Gasteiger partial charge in [-0.25, -0.2) is 12.1 Å². The summed E-state index contributed by atoms with van der Waals surface area (Å²) in [6.07, 6.45) is 0.535. The Labute approximate surface area is 95.2 Å². The average molecular weight is 225 g/mol. The van der Waals surface area contributed by atoms with Gasteiger partial charge >= 0.3 is 0 Å². The predicted octanol–water partition coefficient (Wildman–Crippen LogP) is 2.87. The zero-order valence-electron chi connectivity index (χ0n) is 7.70. The molecule has 0 aliphatic carbocycles. The summed E-state index contributed by atoms with van der Waals surface area (Å²) in [5.74, 6) is 0. The summed E-state index contributed by atoms with van der Waals surface area (Å²) in [5, 5.41) is 8.19. The molecule has 0 aliphatic rings. The molecule has 0 amide bonds. The van der Waals surface area contributed by atoms with Crippen LogP contribution in [0.2, 0.25) is 0 Å². The van der Waals surface area contributed by atoms with E-state index in [4.69, 9.17) is 5.26 Å². The molecule has 14 heavy (non-hydrogen) atoms. The normalized spacial score (nSPS) is 7.64. The minimum absolute atomic E-state index is 0. The summed E-state index contributed by atoms with van der Waals surface area (Å²) in [4.78, 5) is 0. The van der Waals surface area contributed by atoms with E-state index in [-0.39, 0.29) is 17.1 Å². The Bertz CT molecular complexity index is 310. The molecule has 0 unspecified atom stereocenters. The van der Waals surface area contributed by atoms with Gasteiger partial charge in [0, 0.05) is 23.5 Å². The molecule has 0 bridgehead atoms. The Balaban J connectivity index is 0.000000246. The summed E-state index contributed by atoms with van der Waals surface area (Å²) in [7, 11) is 0. The first-order valence-electron chi connectivity index (χ1n) is 4.17. The fourth-order valence-electron chi connectivity index (χ4n) is 0.944. The predicted molar refractivity (Wildman–Crippen MR) is 53.4 cm³/mol. The molecular weight excluding hydrogens is 214 g/mol. The van der Waals surface area contributed by atoms with Gasteiger partial charge in [0.2, 0.25) is 0 Å². The zero-order chi connectivity index (χ0) is 9.36. The van der Waals surface area contributed by atoms with E-state index in [1.165, 1.54) is 0 Å². The molecule has 0 saturated heterocycles. The van der Waals surface area contributed by atoms with Crippen molar-refractivity contribution >= 4 is 0 Å². The number of hydrogen-bond donors (Lipinski definition) is 0. The van der Waals surface area contributed by atoms with E-state index < -0.39 is 0 Å². The van der Waals surface area contributed by atoms with Crippen LogP contribution in [0.5, 0.6) is 0 Å². The van der Waals surface area contributed by atoms with Crippen LogP contribution in [0.3, 0.4) is 0 Å². The van der Waals surface area contributed by atoms with Crippen LogP contribution in [0.15, 0.2) is 54.6 Å². The maximum atomic E-state index is 8.19. The summed E-state index contributed by atoms with van der Waals surface area (Å²) in [6.45, 7) is 0. The summed E-state index contributed by atoms with van der Waals surface area (Å²) in [5.41, 5.74) is 1.10. The number of nitrogens with zero attached hydrogens (tertiary/aromatic N) is 1. The number of rotatable bonds is 1. The standard InChI is InChI=1S/C7H6N.C5H5.Fe/c8-6-5-7-3-1-2-4-7;1-2-4-5-3-1;/h1-4H,5H2;1-5H;/q-1;-5;. The van der Waals surface area contributed by atoms with Crippen molar-refractivity contribution in [1.29, 1.82) is 5.26 Å². The van der Waals surface area contributed by atoms with Crippen molar-refractivity contribution in [2.45, 2.75) is 6.42 Å². The second-order valence-corrected chi connectivity index (χ2v) is 2.59. The van der Waals surface area contributed by atoms with Crippen LogP contribution in [-0.2, 0) is 23.5 Å². The van der Waals surface area contributed by atoms with Crippen molar-refractivity contribution < 1.29 is 17.1 Å². The van der Waals surface area contributed by atoms with Gasteiger partial charge in [-0.05, 0) is 0 Å². The van der Waals surface area contributed by atoms with Gasteiger partial charge < -0.3 is 30.3 Å². The average Bonchev–Trinajstić information content (AvgIpc) is 2.79. The van der Waals surface area contributed by atoms with Crippen molar-refractivity contribution in [2.75, 3.05) is 0 Å². The van der Waals surface area contributed by atoms with Gasteiger partial charge in [0.25, 0.3) is 0 Å². The van der Waals surface area contributed by atoms with Crippen LogP contribution in [0.1, 0.15) is 5.56 Å². The molecule has 2 aromatic rings. The van der Waals surface area contributed by atoms with Gasteiger partial charge in [0.15, 0.2) is 0 Å². The summed E-state index contributed by atoms with van der Waals surface area (Å²) in [6, 6.07) is 19.8. The SMILES string of the molecule is N#CC[c-]1cccc1.[Fe].[cH-]1[cH-][cH-][cH-][cH-]1. The van der Waals surface area contributed by atoms with E-state index in [1.54, 1.807) is 0 Å². The van der Waals surface area contributed by atoms with Crippen molar-refractivity contribution in [3.05, 3.63) is 60.2 Å². The van der Waals surface area contributed by atoms with Crippen LogP contribution in [0.25, 0.3) is 0 Å². The Hall–Kier alpha value is -1.29. The van der Waals surface area contributed by atoms with Crippen molar-refractivity contribution in [3.63, 3.8) is 0 Å². The molecule has 1 nitrogen and oxygen atoms in total. The van der Waals surface area contributed by atoms with E-state index in [0.29, 0.717) is 6.42 Å². The Morgan fingerprint density at radius 3 is 1.79 bits per heavy atom. The number of nitriles is 1. The van der Waals surface area contributed by atoms with Gasteiger partial charge in [-0.1, -0.05) is 0 Å². The van der Waals surface area contributed by atoms with Crippen LogP contribution in [-0.4, -0.2) is 0 Å². The van der Waals surface area contributed by atoms with Crippen LogP contribution in [0, 0.1) is 11.3 Å². The molecule has 0 radical (unpaired) electrons. The minimum atomic E-state index is 0. The fourth-order valence-corrected chi connectivity index (χ4v) is 0.944. The molecule has 2 heteroatoms. The maximum Gasteiger partial charge on any atom is 0.0542 e. The molecule has 2 rings (SSSR count). The smallest absolute Gasteiger partial charge is 0.0542 e. The first kappa shape index (κ1) is 12.7. The first-order chi connectivity index (χ1) is 6.43. The van der Waals surface area contributed by atoms with Crippen LogP contribution < -0.4 is 0 Å². The molecule has 0 atom stereocenters. The molecule has 0 N–H and O–H groups in total. The van der Waals surface area contributed by atoms with E-state index in [2.05, 4.69) is 6.07 Å². The Morgan fingerprint density at radius 1 is 1.00 bits per heavy atom. The van der Waals surface area contributed by atoms with Gasteiger partial charge in [0.05, 0.1) is 6.07 Å².